The van der Waals surface area contributed by atoms with Crippen molar-refractivity contribution in [2.45, 2.75) is 6.92 Å². The largest absolute Gasteiger partial charge is 0.268 e. The van der Waals surface area contributed by atoms with E-state index in [1.54, 1.807) is 6.07 Å². The average molecular weight is 186 g/mol. The predicted molar refractivity (Wildman–Crippen MR) is 55.0 cm³/mol. The summed E-state index contributed by atoms with van der Waals surface area (Å²) in [6, 6.07) is 11.3. The molecular weight excluding hydrogens is 176 g/mol. The monoisotopic (exact) mass is 186 g/mol. The second-order valence-electron chi connectivity index (χ2n) is 3.10. The highest BCUT2D eigenvalue weighted by atomic mass is 16.1. The van der Waals surface area contributed by atoms with Gasteiger partial charge < -0.3 is 0 Å². The maximum Gasteiger partial charge on any atom is 0.264 e. The summed E-state index contributed by atoms with van der Waals surface area (Å²) in [5.41, 5.74) is 2.56. The summed E-state index contributed by atoms with van der Waals surface area (Å²) in [4.78, 5) is 11.1. The lowest BCUT2D eigenvalue weighted by molar-refractivity contribution is 0.949. The van der Waals surface area contributed by atoms with Crippen LogP contribution in [-0.4, -0.2) is 10.2 Å². The van der Waals surface area contributed by atoms with E-state index in [1.807, 2.05) is 37.3 Å². The molecule has 0 aliphatic carbocycles. The first kappa shape index (κ1) is 8.69. The zero-order chi connectivity index (χ0) is 9.97. The lowest BCUT2D eigenvalue weighted by Gasteiger charge is -2.02. The van der Waals surface area contributed by atoms with Gasteiger partial charge in [0.15, 0.2) is 0 Å². The molecule has 1 aromatic carbocycles. The summed E-state index contributed by atoms with van der Waals surface area (Å²) in [6.07, 6.45) is 0. The van der Waals surface area contributed by atoms with Gasteiger partial charge in [0.1, 0.15) is 0 Å². The number of aromatic nitrogens is 2. The van der Waals surface area contributed by atoms with E-state index in [9.17, 15) is 4.79 Å². The molecule has 0 fully saturated rings. The highest BCUT2D eigenvalue weighted by Crippen LogP contribution is 2.18. The van der Waals surface area contributed by atoms with E-state index in [0.717, 1.165) is 16.8 Å². The van der Waals surface area contributed by atoms with E-state index in [4.69, 9.17) is 0 Å². The van der Waals surface area contributed by atoms with Gasteiger partial charge >= 0.3 is 0 Å². The molecule has 0 amide bonds. The van der Waals surface area contributed by atoms with Crippen molar-refractivity contribution in [2.75, 3.05) is 0 Å². The van der Waals surface area contributed by atoms with Crippen molar-refractivity contribution in [3.63, 3.8) is 0 Å². The quantitative estimate of drug-likeness (QED) is 0.737. The lowest BCUT2D eigenvalue weighted by atomic mass is 10.1. The minimum atomic E-state index is -0.172. The number of hydrogen-bond acceptors (Lipinski definition) is 2. The van der Waals surface area contributed by atoms with Crippen LogP contribution in [-0.2, 0) is 0 Å². The maximum absolute atomic E-state index is 11.1. The third-order valence-electron chi connectivity index (χ3n) is 2.08. The second-order valence-corrected chi connectivity index (χ2v) is 3.10. The zero-order valence-electron chi connectivity index (χ0n) is 7.82. The minimum absolute atomic E-state index is 0.172. The molecule has 0 aliphatic heterocycles. The number of aromatic amines is 1. The van der Waals surface area contributed by atoms with Gasteiger partial charge in [-0.05, 0) is 12.5 Å². The Balaban J connectivity index is 2.62. The highest BCUT2D eigenvalue weighted by Gasteiger charge is 2.02. The molecule has 70 valence electrons. The van der Waals surface area contributed by atoms with Crippen LogP contribution in [0, 0.1) is 6.92 Å². The highest BCUT2D eigenvalue weighted by molar-refractivity contribution is 5.64. The molecule has 0 aliphatic rings. The summed E-state index contributed by atoms with van der Waals surface area (Å²) >= 11 is 0. The van der Waals surface area contributed by atoms with Crippen LogP contribution >= 0.6 is 0 Å². The molecule has 3 heteroatoms. The smallest absolute Gasteiger partial charge is 0.264 e. The van der Waals surface area contributed by atoms with Crippen molar-refractivity contribution in [3.8, 4) is 11.1 Å². The number of nitrogens with one attached hydrogen (secondary N) is 1. The number of aryl methyl sites for hydroxylation is 1. The van der Waals surface area contributed by atoms with Crippen LogP contribution < -0.4 is 5.56 Å². The first-order valence-electron chi connectivity index (χ1n) is 4.39. The van der Waals surface area contributed by atoms with E-state index in [0.29, 0.717) is 0 Å². The summed E-state index contributed by atoms with van der Waals surface area (Å²) < 4.78 is 0. The van der Waals surface area contributed by atoms with Gasteiger partial charge in [-0.25, -0.2) is 5.10 Å². The van der Waals surface area contributed by atoms with Crippen LogP contribution in [0.1, 0.15) is 5.69 Å². The van der Waals surface area contributed by atoms with E-state index in [1.165, 1.54) is 0 Å². The average Bonchev–Trinajstić information content (AvgIpc) is 2.23. The van der Waals surface area contributed by atoms with Gasteiger partial charge in [-0.1, -0.05) is 30.3 Å². The summed E-state index contributed by atoms with van der Waals surface area (Å²) in [5.74, 6) is 0. The number of H-pyrrole nitrogens is 1. The summed E-state index contributed by atoms with van der Waals surface area (Å²) in [6.45, 7) is 1.87. The number of nitrogens with zero attached hydrogens (tertiary/aromatic N) is 1. The van der Waals surface area contributed by atoms with Crippen molar-refractivity contribution in [1.29, 1.82) is 0 Å². The van der Waals surface area contributed by atoms with Crippen LogP contribution in [0.5, 0.6) is 0 Å². The lowest BCUT2D eigenvalue weighted by Crippen LogP contribution is -2.08. The van der Waals surface area contributed by atoms with E-state index >= 15 is 0 Å². The molecule has 0 saturated carbocycles. The van der Waals surface area contributed by atoms with Crippen LogP contribution in [0.2, 0.25) is 0 Å². The fourth-order valence-corrected chi connectivity index (χ4v) is 1.38. The predicted octanol–water partition coefficient (Wildman–Crippen LogP) is 1.75. The molecule has 0 saturated heterocycles. The molecular formula is C11H10N2O. The minimum Gasteiger partial charge on any atom is -0.268 e. The van der Waals surface area contributed by atoms with Crippen molar-refractivity contribution < 1.29 is 0 Å². The van der Waals surface area contributed by atoms with Crippen molar-refractivity contribution in [2.24, 2.45) is 0 Å². The molecule has 1 N–H and O–H groups in total. The Hall–Kier alpha value is -1.90. The zero-order valence-corrected chi connectivity index (χ0v) is 7.82. The fourth-order valence-electron chi connectivity index (χ4n) is 1.38. The Morgan fingerprint density at radius 2 is 1.93 bits per heavy atom. The molecule has 0 unspecified atom stereocenters. The Bertz CT molecular complexity index is 488. The third-order valence-corrected chi connectivity index (χ3v) is 2.08. The van der Waals surface area contributed by atoms with E-state index in [2.05, 4.69) is 10.2 Å². The molecule has 2 aromatic rings. The Morgan fingerprint density at radius 3 is 2.64 bits per heavy atom. The van der Waals surface area contributed by atoms with Gasteiger partial charge in [0, 0.05) is 11.6 Å². The Morgan fingerprint density at radius 1 is 1.21 bits per heavy atom. The fraction of sp³-hybridized carbons (Fsp3) is 0.0909. The standard InChI is InChI=1S/C11H10N2O/c1-8-10(7-11(14)13-12-8)9-5-3-2-4-6-9/h2-7H,1H3,(H,13,14). The number of hydrogen-bond donors (Lipinski definition) is 1. The van der Waals surface area contributed by atoms with Gasteiger partial charge in [-0.2, -0.15) is 5.10 Å². The normalized spacial score (nSPS) is 10.1. The number of benzene rings is 1. The first-order chi connectivity index (χ1) is 6.77. The second kappa shape index (κ2) is 3.46. The van der Waals surface area contributed by atoms with E-state index in [-0.39, 0.29) is 5.56 Å². The topological polar surface area (TPSA) is 45.8 Å². The Kier molecular flexibility index (Phi) is 2.14. The maximum atomic E-state index is 11.1. The van der Waals surface area contributed by atoms with Crippen molar-refractivity contribution in [1.82, 2.24) is 10.2 Å². The molecule has 14 heavy (non-hydrogen) atoms. The number of rotatable bonds is 1. The summed E-state index contributed by atoms with van der Waals surface area (Å²) in [5, 5.41) is 6.32. The van der Waals surface area contributed by atoms with E-state index < -0.39 is 0 Å². The molecule has 3 nitrogen and oxygen atoms in total. The van der Waals surface area contributed by atoms with Gasteiger partial charge in [0.2, 0.25) is 0 Å². The van der Waals surface area contributed by atoms with Gasteiger partial charge in [-0.3, -0.25) is 4.79 Å². The van der Waals surface area contributed by atoms with Gasteiger partial charge in [0.25, 0.3) is 5.56 Å². The van der Waals surface area contributed by atoms with Gasteiger partial charge in [0.05, 0.1) is 5.69 Å². The molecule has 0 atom stereocenters. The molecule has 1 aromatic heterocycles. The van der Waals surface area contributed by atoms with Crippen molar-refractivity contribution >= 4 is 0 Å². The first-order valence-corrected chi connectivity index (χ1v) is 4.39. The third kappa shape index (κ3) is 1.57. The van der Waals surface area contributed by atoms with Crippen LogP contribution in [0.15, 0.2) is 41.2 Å². The molecule has 0 spiro atoms. The molecule has 1 heterocycles. The van der Waals surface area contributed by atoms with Crippen molar-refractivity contribution in [3.05, 3.63) is 52.4 Å². The van der Waals surface area contributed by atoms with Crippen LogP contribution in [0.3, 0.4) is 0 Å². The van der Waals surface area contributed by atoms with Crippen LogP contribution in [0.4, 0.5) is 0 Å². The van der Waals surface area contributed by atoms with Crippen LogP contribution in [0.25, 0.3) is 11.1 Å². The SMILES string of the molecule is Cc1n[nH]c(=O)cc1-c1ccccc1. The van der Waals surface area contributed by atoms with Gasteiger partial charge in [-0.15, -0.1) is 0 Å². The Labute approximate surface area is 81.4 Å². The molecule has 0 bridgehead atoms. The molecule has 0 radical (unpaired) electrons. The summed E-state index contributed by atoms with van der Waals surface area (Å²) in [7, 11) is 0. The molecule has 2 rings (SSSR count).